The lowest BCUT2D eigenvalue weighted by molar-refractivity contribution is -0.118. The zero-order chi connectivity index (χ0) is 21.3. The number of benzene rings is 2. The Hall–Kier alpha value is -3.87. The van der Waals surface area contributed by atoms with Crippen molar-refractivity contribution in [3.8, 4) is 22.4 Å². The molecule has 0 aliphatic carbocycles. The second-order valence-corrected chi connectivity index (χ2v) is 7.09. The maximum atomic E-state index is 13.7. The summed E-state index contributed by atoms with van der Waals surface area (Å²) in [6, 6.07) is 14.0. The van der Waals surface area contributed by atoms with E-state index in [1.54, 1.807) is 32.2 Å². The van der Waals surface area contributed by atoms with E-state index in [1.165, 1.54) is 12.4 Å². The average Bonchev–Trinajstić information content (AvgIpc) is 2.75. The number of carbonyl (C=O) groups excluding carboxylic acids is 1. The van der Waals surface area contributed by atoms with Crippen LogP contribution in [0.25, 0.3) is 33.3 Å². The second kappa shape index (κ2) is 7.87. The fourth-order valence-electron chi connectivity index (χ4n) is 3.28. The van der Waals surface area contributed by atoms with E-state index in [9.17, 15) is 9.18 Å². The molecule has 1 atom stereocenters. The summed E-state index contributed by atoms with van der Waals surface area (Å²) in [6.45, 7) is 3.41. The van der Waals surface area contributed by atoms with Crippen molar-refractivity contribution in [3.05, 3.63) is 72.4 Å². The molecule has 1 unspecified atom stereocenters. The van der Waals surface area contributed by atoms with Gasteiger partial charge >= 0.3 is 0 Å². The molecule has 0 saturated carbocycles. The number of nitrogens with zero attached hydrogens (tertiary/aromatic N) is 3. The number of halogens is 1. The van der Waals surface area contributed by atoms with Crippen molar-refractivity contribution >= 4 is 22.6 Å². The van der Waals surface area contributed by atoms with Crippen LogP contribution in [0.3, 0.4) is 0 Å². The van der Waals surface area contributed by atoms with Crippen molar-refractivity contribution in [3.63, 3.8) is 0 Å². The Morgan fingerprint density at radius 2 is 1.87 bits per heavy atom. The van der Waals surface area contributed by atoms with Crippen molar-refractivity contribution in [2.75, 3.05) is 5.32 Å². The first kappa shape index (κ1) is 19.4. The van der Waals surface area contributed by atoms with Gasteiger partial charge in [-0.05, 0) is 61.4 Å². The Labute approximate surface area is 173 Å². The molecule has 0 fully saturated rings. The summed E-state index contributed by atoms with van der Waals surface area (Å²) in [5.74, 6) is -0.200. The third kappa shape index (κ3) is 3.69. The fourth-order valence-corrected chi connectivity index (χ4v) is 3.28. The lowest BCUT2D eigenvalue weighted by Gasteiger charge is -2.14. The van der Waals surface area contributed by atoms with E-state index in [0.29, 0.717) is 11.4 Å². The highest BCUT2D eigenvalue weighted by Gasteiger charge is 2.14. The van der Waals surface area contributed by atoms with Gasteiger partial charge in [-0.3, -0.25) is 9.78 Å². The highest BCUT2D eigenvalue weighted by Crippen LogP contribution is 2.33. The van der Waals surface area contributed by atoms with Crippen LogP contribution in [-0.2, 0) is 4.79 Å². The van der Waals surface area contributed by atoms with E-state index in [0.717, 1.165) is 33.3 Å². The smallest absolute Gasteiger partial charge is 0.239 e. The number of nitrogens with two attached hydrogens (primary N) is 1. The minimum Gasteiger partial charge on any atom is -0.368 e. The molecule has 1 amide bonds. The largest absolute Gasteiger partial charge is 0.368 e. The predicted octanol–water partition coefficient (Wildman–Crippen LogP) is 4.09. The van der Waals surface area contributed by atoms with E-state index >= 15 is 0 Å². The van der Waals surface area contributed by atoms with Crippen LogP contribution in [0, 0.1) is 12.7 Å². The molecule has 0 aliphatic heterocycles. The molecular weight excluding hydrogens is 381 g/mol. The van der Waals surface area contributed by atoms with E-state index in [2.05, 4.69) is 20.3 Å². The van der Waals surface area contributed by atoms with Gasteiger partial charge in [0.2, 0.25) is 5.91 Å². The number of hydrogen-bond acceptors (Lipinski definition) is 5. The number of hydrogen-bond donors (Lipinski definition) is 2. The van der Waals surface area contributed by atoms with Crippen molar-refractivity contribution in [1.29, 1.82) is 0 Å². The molecule has 6 nitrogen and oxygen atoms in total. The highest BCUT2D eigenvalue weighted by molar-refractivity contribution is 5.95. The van der Waals surface area contributed by atoms with Gasteiger partial charge in [-0.15, -0.1) is 0 Å². The summed E-state index contributed by atoms with van der Waals surface area (Å²) in [5.41, 5.74) is 10.0. The van der Waals surface area contributed by atoms with Gasteiger partial charge in [0.1, 0.15) is 24.0 Å². The van der Waals surface area contributed by atoms with Crippen molar-refractivity contribution < 1.29 is 9.18 Å². The quantitative estimate of drug-likeness (QED) is 0.525. The number of nitrogens with one attached hydrogen (secondary N) is 1. The molecule has 30 heavy (non-hydrogen) atoms. The molecule has 3 N–H and O–H groups in total. The number of pyridine rings is 1. The number of aryl methyl sites for hydroxylation is 1. The second-order valence-electron chi connectivity index (χ2n) is 7.09. The summed E-state index contributed by atoms with van der Waals surface area (Å²) in [5, 5.41) is 3.80. The molecular formula is C23H20FN5O. The van der Waals surface area contributed by atoms with Gasteiger partial charge in [0.05, 0.1) is 11.2 Å². The third-order valence-corrected chi connectivity index (χ3v) is 4.97. The SMILES string of the molecule is Cc1cc(-c2ncccc2-c2ccc3ncnc(NC(C)C(N)=O)c3c2)ccc1F. The van der Waals surface area contributed by atoms with E-state index in [1.807, 2.05) is 30.3 Å². The summed E-state index contributed by atoms with van der Waals surface area (Å²) in [4.78, 5) is 24.6. The molecule has 0 spiro atoms. The van der Waals surface area contributed by atoms with Crippen LogP contribution in [0.1, 0.15) is 12.5 Å². The normalized spacial score (nSPS) is 12.0. The molecule has 2 heterocycles. The first-order valence-electron chi connectivity index (χ1n) is 9.46. The van der Waals surface area contributed by atoms with Crippen molar-refractivity contribution in [1.82, 2.24) is 15.0 Å². The number of rotatable bonds is 5. The zero-order valence-electron chi connectivity index (χ0n) is 16.6. The van der Waals surface area contributed by atoms with Crippen LogP contribution in [0.5, 0.6) is 0 Å². The van der Waals surface area contributed by atoms with Crippen LogP contribution < -0.4 is 11.1 Å². The van der Waals surface area contributed by atoms with Crippen LogP contribution in [-0.4, -0.2) is 26.9 Å². The van der Waals surface area contributed by atoms with Crippen LogP contribution in [0.15, 0.2) is 61.1 Å². The Morgan fingerprint density at radius 1 is 1.07 bits per heavy atom. The number of fused-ring (bicyclic) bond motifs is 1. The van der Waals surface area contributed by atoms with Gasteiger partial charge in [0, 0.05) is 22.7 Å². The van der Waals surface area contributed by atoms with Gasteiger partial charge in [0.25, 0.3) is 0 Å². The number of aromatic nitrogens is 3. The summed E-state index contributed by atoms with van der Waals surface area (Å²) < 4.78 is 13.7. The lowest BCUT2D eigenvalue weighted by Crippen LogP contribution is -2.32. The van der Waals surface area contributed by atoms with Gasteiger partial charge in [-0.25, -0.2) is 14.4 Å². The van der Waals surface area contributed by atoms with Crippen molar-refractivity contribution in [2.24, 2.45) is 5.73 Å². The fraction of sp³-hybridized carbons (Fsp3) is 0.130. The van der Waals surface area contributed by atoms with Crippen molar-refractivity contribution in [2.45, 2.75) is 19.9 Å². The molecule has 2 aromatic carbocycles. The van der Waals surface area contributed by atoms with Crippen LogP contribution in [0.4, 0.5) is 10.2 Å². The molecule has 4 aromatic rings. The van der Waals surface area contributed by atoms with Gasteiger partial charge in [-0.1, -0.05) is 12.1 Å². The molecule has 4 rings (SSSR count). The summed E-state index contributed by atoms with van der Waals surface area (Å²) in [7, 11) is 0. The van der Waals surface area contributed by atoms with Crippen LogP contribution in [0.2, 0.25) is 0 Å². The van der Waals surface area contributed by atoms with Gasteiger partial charge < -0.3 is 11.1 Å². The topological polar surface area (TPSA) is 93.8 Å². The monoisotopic (exact) mass is 401 g/mol. The predicted molar refractivity (Wildman–Crippen MR) is 115 cm³/mol. The molecule has 0 saturated heterocycles. The number of anilines is 1. The Morgan fingerprint density at radius 3 is 2.63 bits per heavy atom. The number of amides is 1. The minimum absolute atomic E-state index is 0.252. The Balaban J connectivity index is 1.84. The molecule has 0 aliphatic rings. The maximum absolute atomic E-state index is 13.7. The number of primary amides is 1. The molecule has 2 aromatic heterocycles. The standard InChI is InChI=1S/C23H20FN5O/c1-13-10-16(5-7-19(13)24)21-17(4-3-9-26-21)15-6-8-20-18(11-15)23(28-12-27-20)29-14(2)22(25)30/h3-12,14H,1-2H3,(H2,25,30)(H,27,28,29). The van der Waals surface area contributed by atoms with E-state index in [4.69, 9.17) is 5.73 Å². The summed E-state index contributed by atoms with van der Waals surface area (Å²) >= 11 is 0. The van der Waals surface area contributed by atoms with E-state index < -0.39 is 11.9 Å². The van der Waals surface area contributed by atoms with Gasteiger partial charge in [0.15, 0.2) is 0 Å². The maximum Gasteiger partial charge on any atom is 0.239 e. The average molecular weight is 401 g/mol. The Kier molecular flexibility index (Phi) is 5.10. The summed E-state index contributed by atoms with van der Waals surface area (Å²) in [6.07, 6.45) is 3.15. The lowest BCUT2D eigenvalue weighted by atomic mass is 9.97. The molecule has 0 bridgehead atoms. The third-order valence-electron chi connectivity index (χ3n) is 4.97. The zero-order valence-corrected chi connectivity index (χ0v) is 16.6. The van der Waals surface area contributed by atoms with Crippen LogP contribution >= 0.6 is 0 Å². The first-order valence-corrected chi connectivity index (χ1v) is 9.46. The first-order chi connectivity index (χ1) is 14.4. The highest BCUT2D eigenvalue weighted by atomic mass is 19.1. The molecule has 0 radical (unpaired) electrons. The molecule has 7 heteroatoms. The minimum atomic E-state index is -0.581. The number of carbonyl (C=O) groups is 1. The molecule has 150 valence electrons. The van der Waals surface area contributed by atoms with E-state index in [-0.39, 0.29) is 5.82 Å². The van der Waals surface area contributed by atoms with Gasteiger partial charge in [-0.2, -0.15) is 0 Å². The Bertz CT molecular complexity index is 1260.